The van der Waals surface area contributed by atoms with E-state index in [9.17, 15) is 38.8 Å². The first kappa shape index (κ1) is 45.5. The van der Waals surface area contributed by atoms with Crippen LogP contribution in [-0.2, 0) is 35.2 Å². The van der Waals surface area contributed by atoms with E-state index in [1.54, 1.807) is 6.92 Å². The van der Waals surface area contributed by atoms with E-state index in [4.69, 9.17) is 11.5 Å². The van der Waals surface area contributed by atoms with Gasteiger partial charge in [0.1, 0.15) is 24.2 Å². The molecule has 1 rings (SSSR count). The molecule has 7 atom stereocenters. The number of amides is 6. The van der Waals surface area contributed by atoms with Crippen LogP contribution in [-0.4, -0.2) is 103 Å². The van der Waals surface area contributed by atoms with Gasteiger partial charge in [0, 0.05) is 19.0 Å². The summed E-state index contributed by atoms with van der Waals surface area (Å²) in [4.78, 5) is 88.4. The summed E-state index contributed by atoms with van der Waals surface area (Å²) in [6, 6.07) is 3.79. The van der Waals surface area contributed by atoms with Crippen LogP contribution in [0.15, 0.2) is 35.5 Å². The van der Waals surface area contributed by atoms with Gasteiger partial charge in [0.25, 0.3) is 0 Å². The molecule has 0 aliphatic carbocycles. The predicted molar refractivity (Wildman–Crippen MR) is 196 cm³/mol. The first-order valence-electron chi connectivity index (χ1n) is 17.9. The predicted octanol–water partition coefficient (Wildman–Crippen LogP) is -0.761. The molecule has 0 aliphatic rings. The van der Waals surface area contributed by atoms with Crippen LogP contribution in [0.4, 0.5) is 0 Å². The number of aliphatic hydroxyl groups is 1. The summed E-state index contributed by atoms with van der Waals surface area (Å²) in [6.45, 7) is 8.66. The molecule has 6 amide bonds. The van der Waals surface area contributed by atoms with Gasteiger partial charge in [0.2, 0.25) is 35.4 Å². The number of aliphatic hydroxyl groups excluding tert-OH is 1. The lowest BCUT2D eigenvalue weighted by Crippen LogP contribution is -2.59. The number of hydrogen-bond acceptors (Lipinski definition) is 11. The number of hydrogen-bond donors (Lipinski definition) is 9. The molecule has 17 nitrogen and oxygen atoms in total. The molecule has 17 heteroatoms. The number of rotatable bonds is 25. The van der Waals surface area contributed by atoms with Crippen LogP contribution >= 0.6 is 0 Å². The highest BCUT2D eigenvalue weighted by Crippen LogP contribution is 2.09. The number of nitrogens with one attached hydrogen (secondary N) is 6. The summed E-state index contributed by atoms with van der Waals surface area (Å²) in [5.74, 6) is -3.70. The van der Waals surface area contributed by atoms with E-state index in [-0.39, 0.29) is 76.0 Å². The van der Waals surface area contributed by atoms with Crippen molar-refractivity contribution in [3.05, 3.63) is 40.8 Å². The van der Waals surface area contributed by atoms with E-state index in [0.29, 0.717) is 6.42 Å². The van der Waals surface area contributed by atoms with Gasteiger partial charge in [0.15, 0.2) is 6.04 Å². The van der Waals surface area contributed by atoms with Gasteiger partial charge in [-0.3, -0.25) is 28.8 Å². The lowest BCUT2D eigenvalue weighted by atomic mass is 10.0. The molecule has 0 aromatic heterocycles. The van der Waals surface area contributed by atoms with Crippen LogP contribution in [0, 0.1) is 10.8 Å². The van der Waals surface area contributed by atoms with E-state index in [1.165, 1.54) is 6.92 Å². The van der Waals surface area contributed by atoms with Crippen LogP contribution in [0.25, 0.3) is 0 Å². The molecular weight excluding hydrogens is 674 g/mol. The minimum atomic E-state index is -1.39. The Balaban J connectivity index is 2.69. The third-order valence-corrected chi connectivity index (χ3v) is 8.08. The second-order valence-corrected chi connectivity index (χ2v) is 13.3. The fraction of sp³-hybridized carbons (Fsp3) is 0.657. The van der Waals surface area contributed by atoms with Crippen molar-refractivity contribution >= 4 is 35.4 Å². The van der Waals surface area contributed by atoms with E-state index in [2.05, 4.69) is 37.1 Å². The van der Waals surface area contributed by atoms with Crippen molar-refractivity contribution < 1.29 is 33.9 Å². The molecule has 0 spiro atoms. The first-order valence-corrected chi connectivity index (χ1v) is 17.9. The second-order valence-electron chi connectivity index (χ2n) is 13.3. The summed E-state index contributed by atoms with van der Waals surface area (Å²) >= 11 is 0. The van der Waals surface area contributed by atoms with Crippen molar-refractivity contribution in [1.29, 1.82) is 0 Å². The van der Waals surface area contributed by atoms with Crippen molar-refractivity contribution in [2.45, 2.75) is 122 Å². The number of nitroso groups, excluding NO2 is 1. The fourth-order valence-corrected chi connectivity index (χ4v) is 5.27. The highest BCUT2D eigenvalue weighted by Gasteiger charge is 2.32. The molecule has 0 radical (unpaired) electrons. The molecule has 292 valence electrons. The standard InChI is InChI=1S/C35H59N9O8/c1-6-25(41-33(49)27(15-17-37)42-34(50)28(44-52)19-21(2)3)31(47)43-30(23(5)45)35(51)38-18-10-13-29(46)40-26(14-16-36)32(48)39-22(4)20-24-11-8-7-9-12-24/h7-9,11-12,21-23,25-28,30,45H,6,10,13-20,36-37H2,1-5H3,(H,38,51)(H,39,48)(H,40,46)(H,41,49)(H,42,50)(H,43,47)/t22-,23+,25-,26-,27-,28-,30-/m0/s1. The summed E-state index contributed by atoms with van der Waals surface area (Å²) in [5, 5.41) is 28.8. The zero-order valence-electron chi connectivity index (χ0n) is 31.0. The molecule has 0 aliphatic heterocycles. The number of carbonyl (C=O) groups excluding carboxylic acids is 6. The third kappa shape index (κ3) is 17.2. The molecule has 11 N–H and O–H groups in total. The minimum absolute atomic E-state index is 0.000606. The second kappa shape index (κ2) is 24.7. The molecule has 1 aromatic rings. The van der Waals surface area contributed by atoms with Crippen LogP contribution in [0.2, 0.25) is 0 Å². The van der Waals surface area contributed by atoms with Gasteiger partial charge in [-0.25, -0.2) is 0 Å². The van der Waals surface area contributed by atoms with Crippen molar-refractivity contribution in [2.24, 2.45) is 22.6 Å². The number of benzene rings is 1. The first-order chi connectivity index (χ1) is 24.7. The topological polar surface area (TPSA) is 276 Å². The molecule has 0 unspecified atom stereocenters. The largest absolute Gasteiger partial charge is 0.391 e. The molecule has 0 bridgehead atoms. The van der Waals surface area contributed by atoms with Crippen LogP contribution < -0.4 is 43.4 Å². The Hall–Kier alpha value is -4.48. The lowest BCUT2D eigenvalue weighted by Gasteiger charge is -2.26. The van der Waals surface area contributed by atoms with Crippen LogP contribution in [0.1, 0.15) is 78.7 Å². The van der Waals surface area contributed by atoms with Gasteiger partial charge in [0.05, 0.1) is 6.10 Å². The maximum Gasteiger partial charge on any atom is 0.249 e. The van der Waals surface area contributed by atoms with E-state index >= 15 is 0 Å². The molecule has 52 heavy (non-hydrogen) atoms. The summed E-state index contributed by atoms with van der Waals surface area (Å²) in [7, 11) is 0. The van der Waals surface area contributed by atoms with Gasteiger partial charge >= 0.3 is 0 Å². The Labute approximate surface area is 305 Å². The summed E-state index contributed by atoms with van der Waals surface area (Å²) in [5.41, 5.74) is 12.4. The Morgan fingerprint density at radius 3 is 1.85 bits per heavy atom. The smallest absolute Gasteiger partial charge is 0.249 e. The molecule has 0 fully saturated rings. The highest BCUT2D eigenvalue weighted by atomic mass is 16.3. The zero-order chi connectivity index (χ0) is 39.2. The van der Waals surface area contributed by atoms with Gasteiger partial charge in [-0.1, -0.05) is 56.3 Å². The van der Waals surface area contributed by atoms with Crippen molar-refractivity contribution in [1.82, 2.24) is 31.9 Å². The number of carbonyl (C=O) groups is 6. The molecule has 0 saturated carbocycles. The molecular formula is C35H59N9O8. The summed E-state index contributed by atoms with van der Waals surface area (Å²) in [6.07, 6.45) is 0.0146. The van der Waals surface area contributed by atoms with E-state index < -0.39 is 65.8 Å². The molecule has 0 saturated heterocycles. The number of nitrogens with zero attached hydrogens (tertiary/aromatic N) is 1. The van der Waals surface area contributed by atoms with Gasteiger partial charge in [-0.15, -0.1) is 4.91 Å². The van der Waals surface area contributed by atoms with Gasteiger partial charge < -0.3 is 48.5 Å². The fourth-order valence-electron chi connectivity index (χ4n) is 5.27. The van der Waals surface area contributed by atoms with Crippen molar-refractivity contribution in [3.63, 3.8) is 0 Å². The van der Waals surface area contributed by atoms with Gasteiger partial charge in [-0.2, -0.15) is 0 Å². The van der Waals surface area contributed by atoms with Crippen LogP contribution in [0.3, 0.4) is 0 Å². The van der Waals surface area contributed by atoms with Crippen LogP contribution in [0.5, 0.6) is 0 Å². The van der Waals surface area contributed by atoms with Crippen molar-refractivity contribution in [3.8, 4) is 0 Å². The van der Waals surface area contributed by atoms with Gasteiger partial charge in [-0.05, 0) is 76.9 Å². The SMILES string of the molecule is CC[C@H](NC(=O)[C@H](CCN)NC(=O)[C@H](CC(C)C)N=O)C(=O)N[C@H](C(=O)NCCCC(=O)N[C@@H](CCN)C(=O)N[C@@H](C)Cc1ccccc1)[C@@H](C)O. The zero-order valence-corrected chi connectivity index (χ0v) is 31.0. The Morgan fingerprint density at radius 2 is 1.31 bits per heavy atom. The van der Waals surface area contributed by atoms with E-state index in [0.717, 1.165) is 5.56 Å². The maximum atomic E-state index is 13.1. The lowest BCUT2D eigenvalue weighted by molar-refractivity contribution is -0.135. The quantitative estimate of drug-likeness (QED) is 0.0447. The average Bonchev–Trinajstić information content (AvgIpc) is 3.09. The Bertz CT molecular complexity index is 1300. The highest BCUT2D eigenvalue weighted by molar-refractivity contribution is 5.95. The summed E-state index contributed by atoms with van der Waals surface area (Å²) < 4.78 is 0. The molecule has 0 heterocycles. The van der Waals surface area contributed by atoms with E-state index in [1.807, 2.05) is 51.1 Å². The normalized spacial score (nSPS) is 15.1. The average molecular weight is 734 g/mol. The monoisotopic (exact) mass is 733 g/mol. The third-order valence-electron chi connectivity index (χ3n) is 8.08. The maximum absolute atomic E-state index is 13.1. The molecule has 1 aromatic carbocycles. The number of nitrogens with two attached hydrogens (primary N) is 2. The Kier molecular flexibility index (Phi) is 21.6. The Morgan fingerprint density at radius 1 is 0.750 bits per heavy atom. The minimum Gasteiger partial charge on any atom is -0.391 e. The van der Waals surface area contributed by atoms with Crippen molar-refractivity contribution in [2.75, 3.05) is 19.6 Å².